The lowest BCUT2D eigenvalue weighted by molar-refractivity contribution is -0.151. The molecule has 0 saturated carbocycles. The number of benzene rings is 2. The number of nitrogens with two attached hydrogens (primary N) is 2. The lowest BCUT2D eigenvalue weighted by Crippen LogP contribution is -2.58. The summed E-state index contributed by atoms with van der Waals surface area (Å²) >= 11 is 0. The monoisotopic (exact) mass is 853 g/mol. The quantitative estimate of drug-likeness (QED) is 0.0178. The van der Waals surface area contributed by atoms with E-state index in [1.165, 1.54) is 6.07 Å². The first kappa shape index (κ1) is 46.8. The lowest BCUT2D eigenvalue weighted by Gasteiger charge is -2.37. The van der Waals surface area contributed by atoms with Crippen molar-refractivity contribution in [2.24, 2.45) is 16.5 Å². The van der Waals surface area contributed by atoms with Crippen molar-refractivity contribution in [2.75, 3.05) is 52.7 Å². The Hall–Kier alpha value is -6.91. The SMILES string of the molecule is NC(N)=NCCC[C@H](NC(=O)CCC(=O)OC[N+]1(c2cc(=O)c3cccc(-c4ccccc4)c3o2)CCOCC1)C(=O)NCC(=O)N[C@@H](CC(=O)O)C(=O)NC(CO)C(=O)O. The topological polar surface area (TPSA) is 341 Å². The first-order valence-electron chi connectivity index (χ1n) is 19.1. The number of rotatable bonds is 22. The summed E-state index contributed by atoms with van der Waals surface area (Å²) in [5, 5.41) is 36.6. The summed E-state index contributed by atoms with van der Waals surface area (Å²) in [6.07, 6.45) is -1.63. The number of nitrogens with one attached hydrogen (secondary N) is 4. The van der Waals surface area contributed by atoms with Crippen LogP contribution >= 0.6 is 0 Å². The van der Waals surface area contributed by atoms with Crippen molar-refractivity contribution < 1.29 is 62.8 Å². The van der Waals surface area contributed by atoms with E-state index in [0.29, 0.717) is 29.6 Å². The van der Waals surface area contributed by atoms with Crippen LogP contribution < -0.4 is 42.6 Å². The van der Waals surface area contributed by atoms with Crippen molar-refractivity contribution in [3.8, 4) is 11.1 Å². The predicted molar refractivity (Wildman–Crippen MR) is 216 cm³/mol. The summed E-state index contributed by atoms with van der Waals surface area (Å²) in [4.78, 5) is 104. The molecular formula is C39H49N8O14+. The largest absolute Gasteiger partial charge is 0.481 e. The average molecular weight is 854 g/mol. The number of esters is 1. The van der Waals surface area contributed by atoms with Gasteiger partial charge >= 0.3 is 23.8 Å². The number of aliphatic hydroxyl groups is 1. The summed E-state index contributed by atoms with van der Waals surface area (Å²) in [5.74, 6) is -7.69. The molecule has 0 aliphatic carbocycles. The molecule has 1 aromatic heterocycles. The average Bonchev–Trinajstić information content (AvgIpc) is 3.24. The van der Waals surface area contributed by atoms with Crippen LogP contribution in [0.15, 0.2) is 68.8 Å². The zero-order chi connectivity index (χ0) is 44.5. The highest BCUT2D eigenvalue weighted by atomic mass is 16.6. The third-order valence-electron chi connectivity index (χ3n) is 9.50. The Bertz CT molecular complexity index is 2150. The summed E-state index contributed by atoms with van der Waals surface area (Å²) in [7, 11) is 0. The number of carbonyl (C=O) groups is 7. The van der Waals surface area contributed by atoms with Gasteiger partial charge in [0.1, 0.15) is 31.2 Å². The maximum atomic E-state index is 13.4. The maximum Gasteiger partial charge on any atom is 0.328 e. The number of hydrogen-bond donors (Lipinski definition) is 9. The van der Waals surface area contributed by atoms with Gasteiger partial charge in [-0.1, -0.05) is 42.5 Å². The van der Waals surface area contributed by atoms with Crippen molar-refractivity contribution in [3.63, 3.8) is 0 Å². The number of quaternary nitrogens is 1. The second kappa shape index (κ2) is 22.5. The molecule has 1 aliphatic rings. The highest BCUT2D eigenvalue weighted by Crippen LogP contribution is 2.33. The van der Waals surface area contributed by atoms with Gasteiger partial charge in [0.15, 0.2) is 17.0 Å². The fourth-order valence-corrected chi connectivity index (χ4v) is 6.25. The Morgan fingerprint density at radius 1 is 0.852 bits per heavy atom. The number of morpholine rings is 1. The van der Waals surface area contributed by atoms with Crippen molar-refractivity contribution in [3.05, 3.63) is 64.8 Å². The zero-order valence-electron chi connectivity index (χ0n) is 33.0. The lowest BCUT2D eigenvalue weighted by atomic mass is 10.0. The number of aliphatic carboxylic acids is 2. The van der Waals surface area contributed by atoms with Crippen molar-refractivity contribution in [2.45, 2.75) is 50.2 Å². The van der Waals surface area contributed by atoms with E-state index in [0.717, 1.165) is 5.56 Å². The number of aliphatic hydroxyl groups excluding tert-OH is 1. The predicted octanol–water partition coefficient (Wildman–Crippen LogP) is -1.75. The molecule has 1 saturated heterocycles. The van der Waals surface area contributed by atoms with Crippen molar-refractivity contribution in [1.29, 1.82) is 0 Å². The van der Waals surface area contributed by atoms with Gasteiger partial charge in [-0.3, -0.25) is 38.6 Å². The standard InChI is InChI=1S/C39H48N8O14/c40-39(41)42-13-5-10-26(36(55)43-20-31(51)45-27(18-33(52)53)37(56)46-28(21-48)38(57)58)44-30(50)11-12-34(54)60-22-47(14-16-59-17-15-47)32-19-29(49)25-9-4-8-24(35(25)61-32)23-6-2-1-3-7-23/h1-4,6-9,19,26-28,48H,5,10-18,20-22H2,(H9-,40,41,42,43,44,45,46,50,51,52,53,55,56,57,58)/p+1/t26-,27-,28?/m0/s1. The number of carboxylic acid groups (broad SMARTS) is 2. The van der Waals surface area contributed by atoms with Crippen molar-refractivity contribution >= 4 is 64.3 Å². The third kappa shape index (κ3) is 13.8. The number of ether oxygens (including phenoxy) is 2. The van der Waals surface area contributed by atoms with Crippen LogP contribution in [0, 0.1) is 0 Å². The Kier molecular flexibility index (Phi) is 17.2. The van der Waals surface area contributed by atoms with Crippen molar-refractivity contribution in [1.82, 2.24) is 25.8 Å². The molecule has 0 spiro atoms. The zero-order valence-corrected chi connectivity index (χ0v) is 33.0. The second-order valence-corrected chi connectivity index (χ2v) is 13.9. The van der Waals surface area contributed by atoms with E-state index in [4.69, 9.17) is 30.5 Å². The molecule has 4 amide bonds. The summed E-state index contributed by atoms with van der Waals surface area (Å²) < 4.78 is 17.6. The smallest absolute Gasteiger partial charge is 0.328 e. The minimum atomic E-state index is -1.78. The Morgan fingerprint density at radius 3 is 2.21 bits per heavy atom. The van der Waals surface area contributed by atoms with E-state index in [1.54, 1.807) is 12.1 Å². The van der Waals surface area contributed by atoms with Gasteiger partial charge in [-0.2, -0.15) is 0 Å². The number of hydrogen-bond acceptors (Lipinski definition) is 13. The number of para-hydroxylation sites is 1. The van der Waals surface area contributed by atoms with Crippen LogP contribution in [0.4, 0.5) is 5.88 Å². The Morgan fingerprint density at radius 2 is 1.56 bits per heavy atom. The van der Waals surface area contributed by atoms with E-state index in [-0.39, 0.29) is 61.1 Å². The second-order valence-electron chi connectivity index (χ2n) is 13.9. The molecule has 2 heterocycles. The van der Waals surface area contributed by atoms with E-state index in [2.05, 4.69) is 20.9 Å². The molecule has 22 nitrogen and oxygen atoms in total. The van der Waals surface area contributed by atoms with E-state index < -0.39 is 92.1 Å². The maximum absolute atomic E-state index is 13.4. The number of amides is 4. The number of aliphatic imine (C=N–C) groups is 1. The highest BCUT2D eigenvalue weighted by Gasteiger charge is 2.38. The Labute approximate surface area is 347 Å². The molecule has 11 N–H and O–H groups in total. The molecule has 4 rings (SSSR count). The highest BCUT2D eigenvalue weighted by molar-refractivity contribution is 5.95. The molecule has 61 heavy (non-hydrogen) atoms. The molecular weight excluding hydrogens is 804 g/mol. The summed E-state index contributed by atoms with van der Waals surface area (Å²) in [6, 6.07) is 11.3. The molecule has 3 atom stereocenters. The fourth-order valence-electron chi connectivity index (χ4n) is 6.25. The van der Waals surface area contributed by atoms with E-state index in [1.807, 2.05) is 41.7 Å². The number of nitrogens with zero attached hydrogens (tertiary/aromatic N) is 2. The summed E-state index contributed by atoms with van der Waals surface area (Å²) in [6.45, 7) is -0.783. The first-order valence-corrected chi connectivity index (χ1v) is 19.1. The molecule has 3 aromatic rings. The minimum Gasteiger partial charge on any atom is -0.481 e. The van der Waals surface area contributed by atoms with Gasteiger partial charge < -0.3 is 61.9 Å². The van der Waals surface area contributed by atoms with Crippen LogP contribution in [0.5, 0.6) is 0 Å². The van der Waals surface area contributed by atoms with Crippen LogP contribution in [-0.2, 0) is 43.0 Å². The third-order valence-corrected chi connectivity index (χ3v) is 9.50. The fraction of sp³-hybridized carbons (Fsp3) is 0.410. The van der Waals surface area contributed by atoms with Crippen LogP contribution in [0.25, 0.3) is 22.1 Å². The first-order chi connectivity index (χ1) is 29.1. The number of carboxylic acids is 2. The molecule has 0 bridgehead atoms. The van der Waals surface area contributed by atoms with Gasteiger partial charge in [-0.05, 0) is 24.5 Å². The van der Waals surface area contributed by atoms with Gasteiger partial charge in [0.2, 0.25) is 30.4 Å². The molecule has 1 fully saturated rings. The van der Waals surface area contributed by atoms with Crippen LogP contribution in [0.1, 0.15) is 32.1 Å². The molecule has 0 radical (unpaired) electrons. The van der Waals surface area contributed by atoms with Gasteiger partial charge in [0, 0.05) is 18.5 Å². The van der Waals surface area contributed by atoms with Gasteiger partial charge in [0.05, 0.1) is 50.7 Å². The van der Waals surface area contributed by atoms with Gasteiger partial charge in [-0.15, -0.1) is 0 Å². The molecule has 328 valence electrons. The number of guanidine groups is 1. The van der Waals surface area contributed by atoms with Crippen LogP contribution in [0.3, 0.4) is 0 Å². The molecule has 2 aromatic carbocycles. The van der Waals surface area contributed by atoms with E-state index >= 15 is 0 Å². The van der Waals surface area contributed by atoms with Crippen LogP contribution in [0.2, 0.25) is 0 Å². The number of fused-ring (bicyclic) bond motifs is 1. The number of carbonyl (C=O) groups excluding carboxylic acids is 5. The van der Waals surface area contributed by atoms with Gasteiger partial charge in [0.25, 0.3) is 0 Å². The van der Waals surface area contributed by atoms with Crippen LogP contribution in [-0.4, -0.2) is 134 Å². The minimum absolute atomic E-state index is 0.0345. The van der Waals surface area contributed by atoms with Gasteiger partial charge in [-0.25, -0.2) is 9.28 Å². The molecule has 22 heteroatoms. The normalized spacial score (nSPS) is 14.6. The Balaban J connectivity index is 1.38. The molecule has 1 unspecified atom stereocenters. The summed E-state index contributed by atoms with van der Waals surface area (Å²) in [5.41, 5.74) is 12.4. The van der Waals surface area contributed by atoms with E-state index in [9.17, 15) is 48.6 Å². The molecule has 1 aliphatic heterocycles.